The van der Waals surface area contributed by atoms with Crippen LogP contribution in [0.4, 0.5) is 0 Å². The van der Waals surface area contributed by atoms with Gasteiger partial charge in [0.2, 0.25) is 0 Å². The molecule has 0 unspecified atom stereocenters. The third kappa shape index (κ3) is 24.4. The van der Waals surface area contributed by atoms with Crippen LogP contribution in [0.2, 0.25) is 0 Å². The maximum atomic E-state index is 3.72. The van der Waals surface area contributed by atoms with Gasteiger partial charge in [-0.1, -0.05) is 12.1 Å². The Bertz CT molecular complexity index is 337. The monoisotopic (exact) mass is 360 g/mol. The van der Waals surface area contributed by atoms with Crippen molar-refractivity contribution in [1.82, 2.24) is 0 Å². The van der Waals surface area contributed by atoms with E-state index in [4.69, 9.17) is 0 Å². The molecule has 21 heavy (non-hydrogen) atoms. The van der Waals surface area contributed by atoms with Crippen molar-refractivity contribution in [1.29, 1.82) is 0 Å². The second-order valence-corrected chi connectivity index (χ2v) is 3.87. The molecule has 112 valence electrons. The molecule has 0 N–H and O–H groups in total. The van der Waals surface area contributed by atoms with Gasteiger partial charge in [0.15, 0.2) is 0 Å². The first kappa shape index (κ1) is 25.0. The minimum absolute atomic E-state index is 0. The topological polar surface area (TPSA) is 28.2 Å². The fraction of sp³-hybridized carbons (Fsp3) is 0.222. The zero-order valence-electron chi connectivity index (χ0n) is 13.6. The van der Waals surface area contributed by atoms with E-state index in [2.05, 4.69) is 24.5 Å². The Morgan fingerprint density at radius 1 is 0.571 bits per heavy atom. The Hall–Kier alpha value is -1.02. The smallest absolute Gasteiger partial charge is 0.668 e. The average Bonchev–Trinajstić information content (AvgIpc) is 2.43. The molecule has 0 aliphatic carbocycles. The maximum Gasteiger partial charge on any atom is 4.00 e. The van der Waals surface area contributed by atoms with E-state index in [0.717, 1.165) is 11.1 Å². The first-order valence-corrected chi connectivity index (χ1v) is 6.32. The summed E-state index contributed by atoms with van der Waals surface area (Å²) in [6.07, 6.45) is 0. The molecular weight excluding hydrogens is 335 g/mol. The van der Waals surface area contributed by atoms with Crippen LogP contribution in [0.15, 0.2) is 60.7 Å². The molecule has 0 atom stereocenters. The van der Waals surface area contributed by atoms with Crippen molar-refractivity contribution in [2.24, 2.45) is 0 Å². The van der Waals surface area contributed by atoms with Crippen LogP contribution in [0.5, 0.6) is 0 Å². The van der Waals surface area contributed by atoms with Crippen molar-refractivity contribution >= 4 is 0 Å². The fourth-order valence-corrected chi connectivity index (χ4v) is 0.956. The maximum absolute atomic E-state index is 3.72. The molecule has 0 spiro atoms. The van der Waals surface area contributed by atoms with Crippen LogP contribution in [0, 0.1) is 13.8 Å². The molecule has 2 rings (SSSR count). The van der Waals surface area contributed by atoms with E-state index in [1.807, 2.05) is 60.7 Å². The zero-order valence-corrected chi connectivity index (χ0v) is 16.0. The van der Waals surface area contributed by atoms with E-state index in [1.165, 1.54) is 0 Å². The predicted octanol–water partition coefficient (Wildman–Crippen LogP) is 4.97. The molecular formula is C18H26N2Zr. The minimum Gasteiger partial charge on any atom is -0.668 e. The molecule has 0 radical (unpaired) electrons. The standard InChI is InChI=1S/2C7H7.2C2H6N.Zr/c2*1-7-5-3-2-4-6-7;2*1-3-2;/h2*2-6H,1H2;2*1-2H3;/q4*-1;+4. The molecule has 0 fully saturated rings. The summed E-state index contributed by atoms with van der Waals surface area (Å²) in [4.78, 5) is 0. The van der Waals surface area contributed by atoms with Gasteiger partial charge in [0.25, 0.3) is 0 Å². The summed E-state index contributed by atoms with van der Waals surface area (Å²) in [5, 5.41) is 7.00. The Morgan fingerprint density at radius 3 is 0.857 bits per heavy atom. The Balaban J connectivity index is -0.000000220. The molecule has 0 heterocycles. The van der Waals surface area contributed by atoms with Crippen molar-refractivity contribution in [3.8, 4) is 0 Å². The molecule has 0 bridgehead atoms. The Morgan fingerprint density at radius 2 is 0.762 bits per heavy atom. The third-order valence-corrected chi connectivity index (χ3v) is 1.69. The van der Waals surface area contributed by atoms with E-state index >= 15 is 0 Å². The van der Waals surface area contributed by atoms with Crippen molar-refractivity contribution in [2.75, 3.05) is 28.2 Å². The zero-order chi connectivity index (χ0) is 15.6. The summed E-state index contributed by atoms with van der Waals surface area (Å²) in [6.45, 7) is 7.44. The van der Waals surface area contributed by atoms with Gasteiger partial charge in [-0.2, -0.15) is 77.4 Å². The van der Waals surface area contributed by atoms with Gasteiger partial charge in [-0.15, -0.1) is 24.3 Å². The van der Waals surface area contributed by atoms with Crippen LogP contribution in [0.25, 0.3) is 10.6 Å². The van der Waals surface area contributed by atoms with E-state index in [0.29, 0.717) is 0 Å². The molecule has 0 saturated carbocycles. The minimum atomic E-state index is 0. The Kier molecular flexibility index (Phi) is 25.3. The third-order valence-electron chi connectivity index (χ3n) is 1.69. The van der Waals surface area contributed by atoms with E-state index in [9.17, 15) is 0 Å². The molecule has 2 nitrogen and oxygen atoms in total. The van der Waals surface area contributed by atoms with Crippen molar-refractivity contribution < 1.29 is 26.2 Å². The van der Waals surface area contributed by atoms with Crippen molar-refractivity contribution in [3.05, 3.63) is 96.3 Å². The van der Waals surface area contributed by atoms with Crippen molar-refractivity contribution in [3.63, 3.8) is 0 Å². The van der Waals surface area contributed by atoms with Gasteiger partial charge in [-0.25, -0.2) is 0 Å². The normalized spacial score (nSPS) is 7.43. The first-order valence-electron chi connectivity index (χ1n) is 6.32. The summed E-state index contributed by atoms with van der Waals surface area (Å²) in [7, 11) is 7.00. The number of hydrogen-bond acceptors (Lipinski definition) is 0. The first-order chi connectivity index (χ1) is 9.62. The molecule has 0 aromatic heterocycles. The van der Waals surface area contributed by atoms with Crippen molar-refractivity contribution in [2.45, 2.75) is 0 Å². The second-order valence-electron chi connectivity index (χ2n) is 3.87. The Labute approximate surface area is 150 Å². The summed E-state index contributed by atoms with van der Waals surface area (Å²) in [5.74, 6) is 0. The van der Waals surface area contributed by atoms with Gasteiger partial charge in [0, 0.05) is 0 Å². The number of benzene rings is 2. The average molecular weight is 362 g/mol. The number of rotatable bonds is 0. The number of nitrogens with zero attached hydrogens (tertiary/aromatic N) is 2. The largest absolute Gasteiger partial charge is 4.00 e. The van der Waals surface area contributed by atoms with Crippen LogP contribution in [-0.4, -0.2) is 28.2 Å². The van der Waals surface area contributed by atoms with Crippen LogP contribution < -0.4 is 0 Å². The van der Waals surface area contributed by atoms with Crippen LogP contribution >= 0.6 is 0 Å². The fourth-order valence-electron chi connectivity index (χ4n) is 0.956. The molecule has 0 aliphatic rings. The van der Waals surface area contributed by atoms with Gasteiger partial charge >= 0.3 is 26.2 Å². The van der Waals surface area contributed by atoms with Crippen LogP contribution in [0.1, 0.15) is 11.1 Å². The van der Waals surface area contributed by atoms with E-state index in [-0.39, 0.29) is 26.2 Å². The van der Waals surface area contributed by atoms with Gasteiger partial charge in [-0.3, -0.25) is 0 Å². The van der Waals surface area contributed by atoms with Gasteiger partial charge in [0.05, 0.1) is 0 Å². The van der Waals surface area contributed by atoms with E-state index in [1.54, 1.807) is 28.2 Å². The van der Waals surface area contributed by atoms with Gasteiger partial charge in [0.1, 0.15) is 0 Å². The summed E-state index contributed by atoms with van der Waals surface area (Å²) >= 11 is 0. The van der Waals surface area contributed by atoms with Gasteiger partial charge in [-0.05, 0) is 0 Å². The summed E-state index contributed by atoms with van der Waals surface area (Å²) in [5.41, 5.74) is 2.14. The van der Waals surface area contributed by atoms with Gasteiger partial charge < -0.3 is 10.6 Å². The summed E-state index contributed by atoms with van der Waals surface area (Å²) < 4.78 is 0. The molecule has 2 aromatic carbocycles. The molecule has 0 saturated heterocycles. The summed E-state index contributed by atoms with van der Waals surface area (Å²) in [6, 6.07) is 19.7. The quantitative estimate of drug-likeness (QED) is 0.592. The molecule has 3 heteroatoms. The predicted molar refractivity (Wildman–Crippen MR) is 92.2 cm³/mol. The SMILES string of the molecule is C[N-]C.C[N-]C.[CH2-]c1ccccc1.[CH2-]c1ccccc1.[Zr+4]. The van der Waals surface area contributed by atoms with Crippen LogP contribution in [-0.2, 0) is 26.2 Å². The van der Waals surface area contributed by atoms with E-state index < -0.39 is 0 Å². The number of hydrogen-bond donors (Lipinski definition) is 0. The van der Waals surface area contributed by atoms with Crippen LogP contribution in [0.3, 0.4) is 0 Å². The molecule has 2 aromatic rings. The second kappa shape index (κ2) is 21.3. The molecule has 0 amide bonds. The molecule has 0 aliphatic heterocycles.